The van der Waals surface area contributed by atoms with Gasteiger partial charge in [-0.15, -0.1) is 0 Å². The summed E-state index contributed by atoms with van der Waals surface area (Å²) in [7, 11) is 0. The molecule has 0 N–H and O–H groups in total. The Balaban J connectivity index is 2.03. The van der Waals surface area contributed by atoms with Crippen molar-refractivity contribution in [3.8, 4) is 0 Å². The molecule has 76 valence electrons. The summed E-state index contributed by atoms with van der Waals surface area (Å²) >= 11 is 0. The van der Waals surface area contributed by atoms with Crippen molar-refractivity contribution in [1.82, 2.24) is 0 Å². The molecule has 0 unspecified atom stereocenters. The van der Waals surface area contributed by atoms with Crippen LogP contribution >= 0.6 is 0 Å². The number of fused-ring (bicyclic) bond motifs is 2. The first-order chi connectivity index (χ1) is 6.81. The van der Waals surface area contributed by atoms with E-state index in [9.17, 15) is 0 Å². The van der Waals surface area contributed by atoms with E-state index >= 15 is 0 Å². The zero-order valence-electron chi connectivity index (χ0n) is 11.3. The number of hydrogen-bond donors (Lipinski definition) is 0. The molecule has 0 amide bonds. The molecule has 0 heteroatoms. The lowest BCUT2D eigenvalue weighted by Crippen LogP contribution is -2.12. The second kappa shape index (κ2) is 3.29. The van der Waals surface area contributed by atoms with Crippen LogP contribution in [0.15, 0.2) is 0 Å². The van der Waals surface area contributed by atoms with Crippen LogP contribution in [0, 0.1) is 23.2 Å². The van der Waals surface area contributed by atoms with E-state index in [0.717, 1.165) is 18.3 Å². The minimum atomic E-state index is -0.997. The van der Waals surface area contributed by atoms with E-state index in [1.807, 2.05) is 20.8 Å². The van der Waals surface area contributed by atoms with Gasteiger partial charge in [-0.2, -0.15) is 0 Å². The van der Waals surface area contributed by atoms with Crippen molar-refractivity contribution in [1.29, 1.82) is 0 Å². The monoisotopic (exact) mass is 182 g/mol. The summed E-state index contributed by atoms with van der Waals surface area (Å²) < 4.78 is 16.4. The highest BCUT2D eigenvalue weighted by atomic mass is 14.5. The van der Waals surface area contributed by atoms with Crippen molar-refractivity contribution < 1.29 is 2.74 Å². The fraction of sp³-hybridized carbons (Fsp3) is 1.00. The maximum Gasteiger partial charge on any atom is 0.0272 e. The van der Waals surface area contributed by atoms with E-state index in [4.69, 9.17) is 2.74 Å². The molecule has 0 saturated heterocycles. The maximum absolute atomic E-state index is 8.22. The summed E-state index contributed by atoms with van der Waals surface area (Å²) in [5.74, 6) is 2.40. The van der Waals surface area contributed by atoms with Gasteiger partial charge in [-0.3, -0.25) is 0 Å². The Labute approximate surface area is 85.9 Å². The van der Waals surface area contributed by atoms with Gasteiger partial charge in [-0.05, 0) is 61.6 Å². The predicted octanol–water partition coefficient (Wildman–Crippen LogP) is 4.25. The van der Waals surface area contributed by atoms with Gasteiger partial charge >= 0.3 is 0 Å². The van der Waals surface area contributed by atoms with Crippen LogP contribution in [0.25, 0.3) is 0 Å². The van der Waals surface area contributed by atoms with Gasteiger partial charge < -0.3 is 0 Å². The first-order valence-corrected chi connectivity index (χ1v) is 5.81. The molecule has 0 atom stereocenters. The zero-order valence-corrected chi connectivity index (χ0v) is 9.27. The molecular formula is C13H24. The van der Waals surface area contributed by atoms with Gasteiger partial charge in [0.1, 0.15) is 0 Å². The lowest BCUT2D eigenvalue weighted by atomic mass is 9.83. The highest BCUT2D eigenvalue weighted by Gasteiger charge is 2.41. The average molecular weight is 182 g/mol. The average Bonchev–Trinajstić information content (AvgIpc) is 2.62. The molecule has 2 rings (SSSR count). The van der Waals surface area contributed by atoms with Gasteiger partial charge in [0, 0.05) is 2.74 Å². The van der Waals surface area contributed by atoms with Crippen LogP contribution in [0.1, 0.15) is 62.0 Å². The first-order valence-electron chi connectivity index (χ1n) is 6.81. The lowest BCUT2D eigenvalue weighted by Gasteiger charge is -2.22. The second-order valence-electron chi connectivity index (χ2n) is 5.97. The summed E-state index contributed by atoms with van der Waals surface area (Å²) in [6.45, 7) is 6.09. The molecule has 0 spiro atoms. The zero-order chi connectivity index (χ0) is 11.3. The van der Waals surface area contributed by atoms with Crippen molar-refractivity contribution >= 4 is 0 Å². The van der Waals surface area contributed by atoms with Crippen molar-refractivity contribution in [2.75, 3.05) is 0 Å². The molecular weight excluding hydrogens is 156 g/mol. The molecule has 2 fully saturated rings. The van der Waals surface area contributed by atoms with Crippen LogP contribution in [0.5, 0.6) is 0 Å². The normalized spacial score (nSPS) is 41.9. The molecule has 0 aliphatic heterocycles. The SMILES string of the molecule is [2H]C([2H])(CC1C2CCC1CC2)C(C)(C)C. The van der Waals surface area contributed by atoms with Gasteiger partial charge in [0.25, 0.3) is 0 Å². The minimum Gasteiger partial charge on any atom is -0.0602 e. The maximum atomic E-state index is 8.22. The van der Waals surface area contributed by atoms with Crippen LogP contribution in [0.2, 0.25) is 0 Å². The summed E-state index contributed by atoms with van der Waals surface area (Å²) in [6, 6.07) is 0. The van der Waals surface area contributed by atoms with Crippen molar-refractivity contribution in [3.63, 3.8) is 0 Å². The third kappa shape index (κ3) is 2.08. The van der Waals surface area contributed by atoms with Crippen LogP contribution in [0.4, 0.5) is 0 Å². The Kier molecular flexibility index (Phi) is 1.85. The van der Waals surface area contributed by atoms with E-state index in [-0.39, 0.29) is 5.41 Å². The third-order valence-corrected chi connectivity index (χ3v) is 3.90. The fourth-order valence-corrected chi connectivity index (χ4v) is 3.14. The summed E-state index contributed by atoms with van der Waals surface area (Å²) in [5.41, 5.74) is -0.213. The van der Waals surface area contributed by atoms with E-state index in [1.54, 1.807) is 0 Å². The fourth-order valence-electron chi connectivity index (χ4n) is 3.14. The van der Waals surface area contributed by atoms with Crippen LogP contribution in [-0.4, -0.2) is 0 Å². The molecule has 0 aromatic heterocycles. The van der Waals surface area contributed by atoms with Crippen molar-refractivity contribution in [2.24, 2.45) is 23.2 Å². The topological polar surface area (TPSA) is 0 Å². The van der Waals surface area contributed by atoms with Crippen LogP contribution in [0.3, 0.4) is 0 Å². The highest BCUT2D eigenvalue weighted by molar-refractivity contribution is 4.91. The van der Waals surface area contributed by atoms with E-state index in [0.29, 0.717) is 5.92 Å². The van der Waals surface area contributed by atoms with Gasteiger partial charge in [0.2, 0.25) is 0 Å². The van der Waals surface area contributed by atoms with Gasteiger partial charge in [-0.1, -0.05) is 20.8 Å². The number of hydrogen-bond acceptors (Lipinski definition) is 0. The molecule has 2 bridgehead atoms. The largest absolute Gasteiger partial charge is 0.0602 e. The number of rotatable bonds is 2. The Morgan fingerprint density at radius 1 is 1.08 bits per heavy atom. The van der Waals surface area contributed by atoms with Gasteiger partial charge in [-0.25, -0.2) is 0 Å². The molecule has 2 aliphatic carbocycles. The summed E-state index contributed by atoms with van der Waals surface area (Å²) in [4.78, 5) is 0. The molecule has 0 radical (unpaired) electrons. The van der Waals surface area contributed by atoms with E-state index in [2.05, 4.69) is 0 Å². The highest BCUT2D eigenvalue weighted by Crippen LogP contribution is 2.51. The summed E-state index contributed by atoms with van der Waals surface area (Å²) in [5, 5.41) is 0. The van der Waals surface area contributed by atoms with Crippen LogP contribution in [-0.2, 0) is 0 Å². The molecule has 0 heterocycles. The van der Waals surface area contributed by atoms with Crippen LogP contribution < -0.4 is 0 Å². The molecule has 2 aliphatic rings. The molecule has 0 aromatic rings. The smallest absolute Gasteiger partial charge is 0.0272 e. The lowest BCUT2D eigenvalue weighted by molar-refractivity contribution is 0.284. The second-order valence-corrected chi connectivity index (χ2v) is 5.97. The molecule has 13 heavy (non-hydrogen) atoms. The van der Waals surface area contributed by atoms with E-state index in [1.165, 1.54) is 25.7 Å². The Hall–Kier alpha value is 0. The third-order valence-electron chi connectivity index (χ3n) is 3.90. The molecule has 2 saturated carbocycles. The van der Waals surface area contributed by atoms with E-state index < -0.39 is 6.37 Å². The predicted molar refractivity (Wildman–Crippen MR) is 57.6 cm³/mol. The Morgan fingerprint density at radius 3 is 1.92 bits per heavy atom. The van der Waals surface area contributed by atoms with Gasteiger partial charge in [0.15, 0.2) is 0 Å². The summed E-state index contributed by atoms with van der Waals surface area (Å²) in [6.07, 6.45) is 5.28. The Morgan fingerprint density at radius 2 is 1.54 bits per heavy atom. The minimum absolute atomic E-state index is 0.213. The molecule has 0 nitrogen and oxygen atoms in total. The van der Waals surface area contributed by atoms with Crippen molar-refractivity contribution in [3.05, 3.63) is 0 Å². The standard InChI is InChI=1S/C13H24/c1-13(2,3)9-8-12-10-4-5-11(12)7-6-10/h10-12H,4-9H2,1-3H3/i9D2. The van der Waals surface area contributed by atoms with Gasteiger partial charge in [0.05, 0.1) is 0 Å². The van der Waals surface area contributed by atoms with Crippen molar-refractivity contribution in [2.45, 2.75) is 59.2 Å². The first kappa shape index (κ1) is 7.31. The molecule has 0 aromatic carbocycles. The Bertz CT molecular complexity index is 219. The quantitative estimate of drug-likeness (QED) is 0.599.